The number of fused-ring (bicyclic) bond motifs is 1. The van der Waals surface area contributed by atoms with Crippen LogP contribution >= 0.6 is 0 Å². The molecule has 1 amide bonds. The van der Waals surface area contributed by atoms with Gasteiger partial charge in [0, 0.05) is 55.0 Å². The van der Waals surface area contributed by atoms with Crippen molar-refractivity contribution in [2.75, 3.05) is 18.0 Å². The van der Waals surface area contributed by atoms with E-state index in [2.05, 4.69) is 32.1 Å². The molecule has 2 N–H and O–H groups in total. The summed E-state index contributed by atoms with van der Waals surface area (Å²) in [6, 6.07) is 6.15. The van der Waals surface area contributed by atoms with Crippen molar-refractivity contribution in [2.45, 2.75) is 12.8 Å². The molecule has 0 aromatic carbocycles. The maximum Gasteiger partial charge on any atom is 0.220 e. The predicted molar refractivity (Wildman–Crippen MR) is 95.9 cm³/mol. The van der Waals surface area contributed by atoms with Gasteiger partial charge in [-0.3, -0.25) is 9.48 Å². The summed E-state index contributed by atoms with van der Waals surface area (Å²) >= 11 is 0. The number of piperidine rings is 1. The fraction of sp³-hybridized carbons (Fsp3) is 0.333. The van der Waals surface area contributed by atoms with Crippen LogP contribution in [0.5, 0.6) is 0 Å². The Morgan fingerprint density at radius 1 is 1.12 bits per heavy atom. The number of amides is 1. The van der Waals surface area contributed by atoms with E-state index in [9.17, 15) is 4.79 Å². The zero-order valence-corrected chi connectivity index (χ0v) is 14.1. The van der Waals surface area contributed by atoms with Crippen LogP contribution in [0.3, 0.4) is 0 Å². The summed E-state index contributed by atoms with van der Waals surface area (Å²) in [6.07, 6.45) is 7.12. The first kappa shape index (κ1) is 15.6. The molecule has 0 radical (unpaired) electrons. The Bertz CT molecular complexity index is 909. The van der Waals surface area contributed by atoms with Crippen LogP contribution in [-0.4, -0.2) is 38.7 Å². The fourth-order valence-electron chi connectivity index (χ4n) is 3.34. The number of nitrogens with zero attached hydrogens (tertiary/aromatic N) is 5. The van der Waals surface area contributed by atoms with Gasteiger partial charge < -0.3 is 10.6 Å². The summed E-state index contributed by atoms with van der Waals surface area (Å²) in [5.74, 6) is 0.733. The summed E-state index contributed by atoms with van der Waals surface area (Å²) in [5.41, 5.74) is 8.30. The molecule has 128 valence electrons. The van der Waals surface area contributed by atoms with Gasteiger partial charge in [-0.05, 0) is 31.0 Å². The van der Waals surface area contributed by atoms with Crippen molar-refractivity contribution in [1.29, 1.82) is 0 Å². The van der Waals surface area contributed by atoms with E-state index in [-0.39, 0.29) is 11.8 Å². The molecule has 4 heterocycles. The molecule has 3 aromatic rings. The lowest BCUT2D eigenvalue weighted by atomic mass is 9.96. The molecule has 0 saturated carbocycles. The number of rotatable bonds is 3. The number of primary amides is 1. The van der Waals surface area contributed by atoms with E-state index in [1.807, 2.05) is 31.7 Å². The van der Waals surface area contributed by atoms with Crippen molar-refractivity contribution in [3.05, 3.63) is 36.8 Å². The third kappa shape index (κ3) is 2.93. The van der Waals surface area contributed by atoms with E-state index in [0.29, 0.717) is 0 Å². The maximum absolute atomic E-state index is 11.3. The van der Waals surface area contributed by atoms with Crippen LogP contribution in [-0.2, 0) is 11.8 Å². The molecule has 7 nitrogen and oxygen atoms in total. The maximum atomic E-state index is 11.3. The van der Waals surface area contributed by atoms with Gasteiger partial charge in [0.2, 0.25) is 5.91 Å². The normalized spacial score (nSPS) is 15.6. The molecule has 0 bridgehead atoms. The van der Waals surface area contributed by atoms with Gasteiger partial charge in [-0.2, -0.15) is 5.10 Å². The van der Waals surface area contributed by atoms with Crippen molar-refractivity contribution >= 4 is 22.8 Å². The fourth-order valence-corrected chi connectivity index (χ4v) is 3.34. The molecule has 3 aromatic heterocycles. The van der Waals surface area contributed by atoms with Crippen LogP contribution in [0.1, 0.15) is 12.8 Å². The molecule has 7 heteroatoms. The summed E-state index contributed by atoms with van der Waals surface area (Å²) in [7, 11) is 1.88. The van der Waals surface area contributed by atoms with E-state index in [1.54, 1.807) is 4.68 Å². The zero-order valence-electron chi connectivity index (χ0n) is 14.1. The lowest BCUT2D eigenvalue weighted by molar-refractivity contribution is -0.122. The Morgan fingerprint density at radius 2 is 1.88 bits per heavy atom. The quantitative estimate of drug-likeness (QED) is 0.787. The van der Waals surface area contributed by atoms with Crippen molar-refractivity contribution < 1.29 is 4.79 Å². The zero-order chi connectivity index (χ0) is 17.4. The Hall–Kier alpha value is -2.96. The molecule has 4 rings (SSSR count). The van der Waals surface area contributed by atoms with Crippen LogP contribution < -0.4 is 10.6 Å². The number of anilines is 1. The van der Waals surface area contributed by atoms with E-state index in [1.165, 1.54) is 0 Å². The molecule has 1 fully saturated rings. The van der Waals surface area contributed by atoms with E-state index >= 15 is 0 Å². The van der Waals surface area contributed by atoms with E-state index in [0.717, 1.165) is 53.9 Å². The first-order valence-corrected chi connectivity index (χ1v) is 8.40. The number of aryl methyl sites for hydroxylation is 1. The largest absolute Gasteiger partial charge is 0.369 e. The minimum Gasteiger partial charge on any atom is -0.369 e. The lowest BCUT2D eigenvalue weighted by Gasteiger charge is -2.31. The average molecular weight is 336 g/mol. The standard InChI is InChI=1S/C18H20N6O/c1-23-18-15(11-22-23)8-14(10-21-18)13-2-3-16(20-9-13)24-6-4-12(5-7-24)17(19)25/h2-3,8-12H,4-7H2,1H3,(H2,19,25). The minimum absolute atomic E-state index is 0.00666. The van der Waals surface area contributed by atoms with Crippen LogP contribution in [0.4, 0.5) is 5.82 Å². The third-order valence-corrected chi connectivity index (χ3v) is 4.87. The van der Waals surface area contributed by atoms with Crippen LogP contribution in [0.2, 0.25) is 0 Å². The SMILES string of the molecule is Cn1ncc2cc(-c3ccc(N4CCC(C(N)=O)CC4)nc3)cnc21. The Morgan fingerprint density at radius 3 is 2.56 bits per heavy atom. The molecular formula is C18H20N6O. The van der Waals surface area contributed by atoms with Crippen molar-refractivity contribution in [1.82, 2.24) is 19.7 Å². The highest BCUT2D eigenvalue weighted by molar-refractivity contribution is 5.80. The Labute approximate surface area is 145 Å². The average Bonchev–Trinajstić information content (AvgIpc) is 3.02. The first-order chi connectivity index (χ1) is 12.1. The van der Waals surface area contributed by atoms with Crippen LogP contribution in [0.15, 0.2) is 36.8 Å². The number of carbonyl (C=O) groups is 1. The second kappa shape index (κ2) is 6.16. The highest BCUT2D eigenvalue weighted by Crippen LogP contribution is 2.25. The number of carbonyl (C=O) groups excluding carboxylic acids is 1. The van der Waals surface area contributed by atoms with Gasteiger partial charge in [0.05, 0.1) is 6.20 Å². The summed E-state index contributed by atoms with van der Waals surface area (Å²) in [5, 5.41) is 5.23. The predicted octanol–water partition coefficient (Wildman–Crippen LogP) is 1.73. The van der Waals surface area contributed by atoms with Crippen molar-refractivity contribution in [3.63, 3.8) is 0 Å². The molecule has 0 aliphatic carbocycles. The van der Waals surface area contributed by atoms with Gasteiger partial charge in [0.1, 0.15) is 5.82 Å². The molecular weight excluding hydrogens is 316 g/mol. The number of pyridine rings is 2. The summed E-state index contributed by atoms with van der Waals surface area (Å²) in [4.78, 5) is 22.5. The second-order valence-electron chi connectivity index (χ2n) is 6.47. The van der Waals surface area contributed by atoms with Gasteiger partial charge in [-0.1, -0.05) is 0 Å². The third-order valence-electron chi connectivity index (χ3n) is 4.87. The smallest absolute Gasteiger partial charge is 0.220 e. The Balaban J connectivity index is 1.52. The molecule has 0 spiro atoms. The van der Waals surface area contributed by atoms with Gasteiger partial charge in [0.15, 0.2) is 5.65 Å². The highest BCUT2D eigenvalue weighted by Gasteiger charge is 2.23. The lowest BCUT2D eigenvalue weighted by Crippen LogP contribution is -2.38. The van der Waals surface area contributed by atoms with Gasteiger partial charge in [-0.25, -0.2) is 9.97 Å². The van der Waals surface area contributed by atoms with E-state index < -0.39 is 0 Å². The molecule has 1 aliphatic heterocycles. The summed E-state index contributed by atoms with van der Waals surface area (Å²) < 4.78 is 1.76. The van der Waals surface area contributed by atoms with Crippen molar-refractivity contribution in [3.8, 4) is 11.1 Å². The number of hydrogen-bond acceptors (Lipinski definition) is 5. The monoisotopic (exact) mass is 336 g/mol. The molecule has 0 unspecified atom stereocenters. The number of hydrogen-bond donors (Lipinski definition) is 1. The van der Waals surface area contributed by atoms with Gasteiger partial charge in [-0.15, -0.1) is 0 Å². The molecule has 1 saturated heterocycles. The van der Waals surface area contributed by atoms with Crippen LogP contribution in [0.25, 0.3) is 22.2 Å². The van der Waals surface area contributed by atoms with Gasteiger partial charge >= 0.3 is 0 Å². The number of nitrogens with two attached hydrogens (primary N) is 1. The molecule has 1 aliphatic rings. The second-order valence-corrected chi connectivity index (χ2v) is 6.47. The first-order valence-electron chi connectivity index (χ1n) is 8.40. The van der Waals surface area contributed by atoms with E-state index in [4.69, 9.17) is 5.73 Å². The van der Waals surface area contributed by atoms with Crippen molar-refractivity contribution in [2.24, 2.45) is 18.7 Å². The van der Waals surface area contributed by atoms with Crippen LogP contribution in [0, 0.1) is 5.92 Å². The summed E-state index contributed by atoms with van der Waals surface area (Å²) in [6.45, 7) is 1.62. The topological polar surface area (TPSA) is 89.9 Å². The number of aromatic nitrogens is 4. The van der Waals surface area contributed by atoms with Gasteiger partial charge in [0.25, 0.3) is 0 Å². The minimum atomic E-state index is -0.193. The Kier molecular flexibility index (Phi) is 3.83. The molecule has 0 atom stereocenters. The molecule has 25 heavy (non-hydrogen) atoms. The highest BCUT2D eigenvalue weighted by atomic mass is 16.1.